The number of nitrogens with one attached hydrogen (secondary N) is 1. The van der Waals surface area contributed by atoms with Gasteiger partial charge in [-0.3, -0.25) is 0 Å². The molecule has 3 heteroatoms. The van der Waals surface area contributed by atoms with Crippen molar-refractivity contribution in [3.63, 3.8) is 0 Å². The third-order valence-electron chi connectivity index (χ3n) is 3.54. The van der Waals surface area contributed by atoms with Gasteiger partial charge in [-0.1, -0.05) is 42.5 Å². The summed E-state index contributed by atoms with van der Waals surface area (Å²) in [6.45, 7) is 2.30. The largest absolute Gasteiger partial charge is 0.319 e. The minimum Gasteiger partial charge on any atom is -0.319 e. The second kappa shape index (κ2) is 6.62. The van der Waals surface area contributed by atoms with Crippen LogP contribution in [0.2, 0.25) is 0 Å². The highest BCUT2D eigenvalue weighted by molar-refractivity contribution is 5.29. The summed E-state index contributed by atoms with van der Waals surface area (Å²) in [4.78, 5) is 0. The van der Waals surface area contributed by atoms with Crippen molar-refractivity contribution in [3.8, 4) is 0 Å². The molecule has 0 radical (unpaired) electrons. The van der Waals surface area contributed by atoms with E-state index in [0.29, 0.717) is 17.5 Å². The molecule has 2 rings (SSSR count). The van der Waals surface area contributed by atoms with Gasteiger partial charge in [0.1, 0.15) is 0 Å². The van der Waals surface area contributed by atoms with E-state index >= 15 is 0 Å². The van der Waals surface area contributed by atoms with E-state index in [-0.39, 0.29) is 5.92 Å². The molecule has 20 heavy (non-hydrogen) atoms. The van der Waals surface area contributed by atoms with Crippen LogP contribution in [0.1, 0.15) is 22.6 Å². The average molecular weight is 275 g/mol. The molecular weight excluding hydrogens is 256 g/mol. The number of benzene rings is 2. The van der Waals surface area contributed by atoms with E-state index in [2.05, 4.69) is 5.32 Å². The van der Waals surface area contributed by atoms with Gasteiger partial charge in [0.25, 0.3) is 0 Å². The van der Waals surface area contributed by atoms with Crippen LogP contribution < -0.4 is 5.32 Å². The standard InChI is InChI=1S/C17H19F2N/c1-12-8-9-14(17(19)16(12)18)10-15(11-20-2)13-6-4-3-5-7-13/h3-9,15,20H,10-11H2,1-2H3. The first kappa shape index (κ1) is 14.7. The molecule has 0 aromatic heterocycles. The summed E-state index contributed by atoms with van der Waals surface area (Å²) in [5.41, 5.74) is 1.90. The number of halogens is 2. The molecule has 0 aliphatic rings. The topological polar surface area (TPSA) is 12.0 Å². The Morgan fingerprint density at radius 2 is 1.70 bits per heavy atom. The summed E-state index contributed by atoms with van der Waals surface area (Å²) >= 11 is 0. The molecule has 1 nitrogen and oxygen atoms in total. The van der Waals surface area contributed by atoms with E-state index in [1.165, 1.54) is 0 Å². The van der Waals surface area contributed by atoms with Crippen molar-refractivity contribution in [2.45, 2.75) is 19.3 Å². The monoisotopic (exact) mass is 275 g/mol. The highest BCUT2D eigenvalue weighted by Crippen LogP contribution is 2.24. The molecule has 0 fully saturated rings. The summed E-state index contributed by atoms with van der Waals surface area (Å²) in [5.74, 6) is -1.33. The first-order chi connectivity index (χ1) is 9.63. The van der Waals surface area contributed by atoms with Gasteiger partial charge in [0, 0.05) is 12.5 Å². The molecule has 0 aliphatic carbocycles. The van der Waals surface area contributed by atoms with Crippen molar-refractivity contribution in [2.24, 2.45) is 0 Å². The summed E-state index contributed by atoms with van der Waals surface area (Å²) in [5, 5.41) is 3.12. The Kier molecular flexibility index (Phi) is 4.85. The SMILES string of the molecule is CNCC(Cc1ccc(C)c(F)c1F)c1ccccc1. The second-order valence-corrected chi connectivity index (χ2v) is 5.04. The maximum Gasteiger partial charge on any atom is 0.162 e. The summed E-state index contributed by atoms with van der Waals surface area (Å²) in [6, 6.07) is 13.2. The van der Waals surface area contributed by atoms with Crippen molar-refractivity contribution in [1.82, 2.24) is 5.32 Å². The zero-order chi connectivity index (χ0) is 14.5. The van der Waals surface area contributed by atoms with Crippen molar-refractivity contribution in [2.75, 3.05) is 13.6 Å². The van der Waals surface area contributed by atoms with E-state index < -0.39 is 11.6 Å². The van der Waals surface area contributed by atoms with Gasteiger partial charge in [-0.25, -0.2) is 8.78 Å². The third-order valence-corrected chi connectivity index (χ3v) is 3.54. The highest BCUT2D eigenvalue weighted by Gasteiger charge is 2.17. The maximum absolute atomic E-state index is 14.0. The number of hydrogen-bond acceptors (Lipinski definition) is 1. The molecule has 0 spiro atoms. The van der Waals surface area contributed by atoms with E-state index in [9.17, 15) is 8.78 Å². The summed E-state index contributed by atoms with van der Waals surface area (Å²) in [7, 11) is 1.86. The Hall–Kier alpha value is -1.74. The quantitative estimate of drug-likeness (QED) is 0.874. The van der Waals surface area contributed by atoms with Crippen LogP contribution >= 0.6 is 0 Å². The Morgan fingerprint density at radius 1 is 1.00 bits per heavy atom. The van der Waals surface area contributed by atoms with Crippen LogP contribution in [0.15, 0.2) is 42.5 Å². The molecular formula is C17H19F2N. The predicted octanol–water partition coefficient (Wildman–Crippen LogP) is 3.82. The zero-order valence-corrected chi connectivity index (χ0v) is 11.8. The van der Waals surface area contributed by atoms with Crippen LogP contribution in [-0.4, -0.2) is 13.6 Å². The molecule has 0 bridgehead atoms. The van der Waals surface area contributed by atoms with Gasteiger partial charge in [-0.15, -0.1) is 0 Å². The lowest BCUT2D eigenvalue weighted by Gasteiger charge is -2.18. The van der Waals surface area contributed by atoms with E-state index in [0.717, 1.165) is 12.1 Å². The molecule has 0 saturated carbocycles. The minimum atomic E-state index is -0.737. The molecule has 2 aromatic carbocycles. The van der Waals surface area contributed by atoms with Crippen molar-refractivity contribution in [1.29, 1.82) is 0 Å². The van der Waals surface area contributed by atoms with Crippen molar-refractivity contribution in [3.05, 3.63) is 70.8 Å². The Labute approximate surface area is 118 Å². The Balaban J connectivity index is 2.27. The molecule has 0 heterocycles. The lowest BCUT2D eigenvalue weighted by molar-refractivity contribution is 0.486. The van der Waals surface area contributed by atoms with E-state index in [1.807, 2.05) is 37.4 Å². The first-order valence-electron chi connectivity index (χ1n) is 6.76. The lowest BCUT2D eigenvalue weighted by Crippen LogP contribution is -2.19. The van der Waals surface area contributed by atoms with Crippen molar-refractivity contribution < 1.29 is 8.78 Å². The molecule has 2 aromatic rings. The van der Waals surface area contributed by atoms with E-state index in [4.69, 9.17) is 0 Å². The Bertz CT molecular complexity index is 567. The number of likely N-dealkylation sites (N-methyl/N-ethyl adjacent to an activating group) is 1. The molecule has 1 atom stereocenters. The van der Waals surface area contributed by atoms with Gasteiger partial charge < -0.3 is 5.32 Å². The van der Waals surface area contributed by atoms with Crippen LogP contribution in [0, 0.1) is 18.6 Å². The maximum atomic E-state index is 14.0. The van der Waals surface area contributed by atoms with Gasteiger partial charge in [0.15, 0.2) is 11.6 Å². The minimum absolute atomic E-state index is 0.123. The van der Waals surface area contributed by atoms with Gasteiger partial charge in [-0.05, 0) is 37.1 Å². The zero-order valence-electron chi connectivity index (χ0n) is 11.8. The average Bonchev–Trinajstić information content (AvgIpc) is 2.48. The van der Waals surface area contributed by atoms with E-state index in [1.54, 1.807) is 19.1 Å². The van der Waals surface area contributed by atoms with Gasteiger partial charge in [-0.2, -0.15) is 0 Å². The molecule has 0 aliphatic heterocycles. The number of hydrogen-bond donors (Lipinski definition) is 1. The number of rotatable bonds is 5. The van der Waals surface area contributed by atoms with Crippen molar-refractivity contribution >= 4 is 0 Å². The fourth-order valence-corrected chi connectivity index (χ4v) is 2.39. The van der Waals surface area contributed by atoms with Crippen LogP contribution in [0.25, 0.3) is 0 Å². The van der Waals surface area contributed by atoms with Gasteiger partial charge >= 0.3 is 0 Å². The lowest BCUT2D eigenvalue weighted by atomic mass is 9.91. The summed E-state index contributed by atoms with van der Waals surface area (Å²) < 4.78 is 27.6. The van der Waals surface area contributed by atoms with Gasteiger partial charge in [0.2, 0.25) is 0 Å². The smallest absolute Gasteiger partial charge is 0.162 e. The van der Waals surface area contributed by atoms with Crippen LogP contribution in [0.5, 0.6) is 0 Å². The predicted molar refractivity (Wildman–Crippen MR) is 77.9 cm³/mol. The third kappa shape index (κ3) is 3.23. The number of aryl methyl sites for hydroxylation is 1. The van der Waals surface area contributed by atoms with Gasteiger partial charge in [0.05, 0.1) is 0 Å². The fourth-order valence-electron chi connectivity index (χ4n) is 2.39. The normalized spacial score (nSPS) is 12.4. The second-order valence-electron chi connectivity index (χ2n) is 5.04. The first-order valence-corrected chi connectivity index (χ1v) is 6.76. The Morgan fingerprint density at radius 3 is 2.35 bits per heavy atom. The molecule has 1 N–H and O–H groups in total. The molecule has 0 saturated heterocycles. The molecule has 1 unspecified atom stereocenters. The molecule has 106 valence electrons. The molecule has 0 amide bonds. The van der Waals surface area contributed by atoms with Crippen LogP contribution in [0.3, 0.4) is 0 Å². The highest BCUT2D eigenvalue weighted by atomic mass is 19.2. The van der Waals surface area contributed by atoms with Crippen LogP contribution in [0.4, 0.5) is 8.78 Å². The van der Waals surface area contributed by atoms with Crippen LogP contribution in [-0.2, 0) is 6.42 Å². The summed E-state index contributed by atoms with van der Waals surface area (Å²) in [6.07, 6.45) is 0.480. The fraction of sp³-hybridized carbons (Fsp3) is 0.294.